The van der Waals surface area contributed by atoms with E-state index in [2.05, 4.69) is 51.7 Å². The van der Waals surface area contributed by atoms with Crippen LogP contribution >= 0.6 is 24.0 Å². The van der Waals surface area contributed by atoms with E-state index in [0.717, 1.165) is 56.3 Å². The van der Waals surface area contributed by atoms with Crippen LogP contribution in [0.3, 0.4) is 0 Å². The Hall–Kier alpha value is -1.68. The molecule has 7 nitrogen and oxygen atoms in total. The summed E-state index contributed by atoms with van der Waals surface area (Å²) in [6.07, 6.45) is 2.91. The maximum Gasteiger partial charge on any atom is 0.257 e. The molecule has 0 aliphatic heterocycles. The molecule has 1 atom stereocenters. The lowest BCUT2D eigenvalue weighted by Crippen LogP contribution is -2.40. The Kier molecular flexibility index (Phi) is 12.6. The fourth-order valence-corrected chi connectivity index (χ4v) is 3.03. The van der Waals surface area contributed by atoms with Gasteiger partial charge in [-0.1, -0.05) is 38.1 Å². The Morgan fingerprint density at radius 3 is 2.40 bits per heavy atom. The van der Waals surface area contributed by atoms with E-state index < -0.39 is 0 Å². The summed E-state index contributed by atoms with van der Waals surface area (Å²) in [4.78, 5) is 8.66. The van der Waals surface area contributed by atoms with Gasteiger partial charge in [-0.2, -0.15) is 4.98 Å². The van der Waals surface area contributed by atoms with Crippen LogP contribution in [-0.2, 0) is 17.6 Å². The molecular weight excluding hydrogens is 493 g/mol. The van der Waals surface area contributed by atoms with Crippen LogP contribution in [-0.4, -0.2) is 48.9 Å². The van der Waals surface area contributed by atoms with Crippen LogP contribution in [0.1, 0.15) is 45.5 Å². The number of hydrogen-bond acceptors (Lipinski definition) is 5. The third-order valence-electron chi connectivity index (χ3n) is 4.76. The molecule has 2 rings (SSSR count). The highest BCUT2D eigenvalue weighted by molar-refractivity contribution is 14.0. The van der Waals surface area contributed by atoms with Crippen molar-refractivity contribution >= 4 is 29.9 Å². The third kappa shape index (κ3) is 8.59. The van der Waals surface area contributed by atoms with Gasteiger partial charge in [-0.3, -0.25) is 4.99 Å². The van der Waals surface area contributed by atoms with Crippen LogP contribution in [0.5, 0.6) is 0 Å². The molecule has 168 valence electrons. The first kappa shape index (κ1) is 26.4. The fourth-order valence-electron chi connectivity index (χ4n) is 3.03. The van der Waals surface area contributed by atoms with E-state index in [1.165, 1.54) is 5.56 Å². The summed E-state index contributed by atoms with van der Waals surface area (Å²) >= 11 is 0. The van der Waals surface area contributed by atoms with Crippen molar-refractivity contribution in [1.82, 2.24) is 20.8 Å². The molecule has 2 aromatic rings. The number of hydrogen-bond donors (Lipinski definition) is 2. The number of ether oxygens (including phenoxy) is 1. The van der Waals surface area contributed by atoms with Crippen molar-refractivity contribution in [2.75, 3.05) is 26.7 Å². The van der Waals surface area contributed by atoms with Crippen molar-refractivity contribution in [3.63, 3.8) is 0 Å². The Morgan fingerprint density at radius 1 is 1.13 bits per heavy atom. The molecule has 1 aromatic heterocycles. The number of aromatic nitrogens is 2. The molecule has 1 aromatic carbocycles. The van der Waals surface area contributed by atoms with Gasteiger partial charge in [0.1, 0.15) is 0 Å². The number of halogens is 1. The SMILES string of the molecule is CCOC(CCNC(=NC)NCCc1ccc(-c2nc(CC)no2)cc1)C(C)C.I. The average molecular weight is 529 g/mol. The summed E-state index contributed by atoms with van der Waals surface area (Å²) in [5.74, 6) is 2.63. The minimum atomic E-state index is 0. The molecule has 30 heavy (non-hydrogen) atoms. The molecule has 0 saturated heterocycles. The van der Waals surface area contributed by atoms with Gasteiger partial charge in [0.25, 0.3) is 5.89 Å². The first-order valence-electron chi connectivity index (χ1n) is 10.5. The number of nitrogens with one attached hydrogen (secondary N) is 2. The normalized spacial score (nSPS) is 12.5. The van der Waals surface area contributed by atoms with Crippen molar-refractivity contribution in [1.29, 1.82) is 0 Å². The summed E-state index contributed by atoms with van der Waals surface area (Å²) < 4.78 is 11.1. The summed E-state index contributed by atoms with van der Waals surface area (Å²) in [6, 6.07) is 8.24. The molecule has 0 saturated carbocycles. The highest BCUT2D eigenvalue weighted by Crippen LogP contribution is 2.18. The van der Waals surface area contributed by atoms with E-state index in [-0.39, 0.29) is 30.1 Å². The number of aliphatic imine (C=N–C) groups is 1. The van der Waals surface area contributed by atoms with E-state index in [0.29, 0.717) is 11.8 Å². The zero-order chi connectivity index (χ0) is 21.1. The van der Waals surface area contributed by atoms with Gasteiger partial charge in [-0.15, -0.1) is 24.0 Å². The summed E-state index contributed by atoms with van der Waals surface area (Å²) in [7, 11) is 1.79. The molecule has 1 unspecified atom stereocenters. The average Bonchev–Trinajstić information content (AvgIpc) is 3.21. The van der Waals surface area contributed by atoms with Gasteiger partial charge in [-0.25, -0.2) is 0 Å². The quantitative estimate of drug-likeness (QED) is 0.259. The van der Waals surface area contributed by atoms with Crippen LogP contribution in [0.2, 0.25) is 0 Å². The van der Waals surface area contributed by atoms with Crippen molar-refractivity contribution in [2.45, 2.75) is 53.1 Å². The summed E-state index contributed by atoms with van der Waals surface area (Å²) in [5, 5.41) is 10.7. The van der Waals surface area contributed by atoms with E-state index in [1.807, 2.05) is 26.0 Å². The molecule has 0 radical (unpaired) electrons. The van der Waals surface area contributed by atoms with Crippen LogP contribution in [0.15, 0.2) is 33.8 Å². The second-order valence-electron chi connectivity index (χ2n) is 7.27. The minimum Gasteiger partial charge on any atom is -0.378 e. The standard InChI is InChI=1S/C22H35N5O2.HI/c1-6-20-26-21(29-27-20)18-10-8-17(9-11-18)12-14-24-22(23-5)25-15-13-19(16(3)4)28-7-2;/h8-11,16,19H,6-7,12-15H2,1-5H3,(H2,23,24,25);1H. The molecule has 8 heteroatoms. The zero-order valence-electron chi connectivity index (χ0n) is 18.8. The van der Waals surface area contributed by atoms with Gasteiger partial charge in [0, 0.05) is 38.7 Å². The topological polar surface area (TPSA) is 84.6 Å². The van der Waals surface area contributed by atoms with Gasteiger partial charge in [0.15, 0.2) is 11.8 Å². The van der Waals surface area contributed by atoms with Gasteiger partial charge in [0.2, 0.25) is 0 Å². The van der Waals surface area contributed by atoms with E-state index in [4.69, 9.17) is 9.26 Å². The number of nitrogens with zero attached hydrogens (tertiary/aromatic N) is 3. The molecule has 0 aliphatic rings. The maximum absolute atomic E-state index is 5.79. The fraction of sp³-hybridized carbons (Fsp3) is 0.591. The van der Waals surface area contributed by atoms with Crippen molar-refractivity contribution in [3.05, 3.63) is 35.7 Å². The lowest BCUT2D eigenvalue weighted by atomic mass is 10.0. The highest BCUT2D eigenvalue weighted by atomic mass is 127. The van der Waals surface area contributed by atoms with Crippen molar-refractivity contribution in [2.24, 2.45) is 10.9 Å². The lowest BCUT2D eigenvalue weighted by Gasteiger charge is -2.21. The molecule has 0 spiro atoms. The van der Waals surface area contributed by atoms with E-state index in [1.54, 1.807) is 7.05 Å². The van der Waals surface area contributed by atoms with E-state index in [9.17, 15) is 0 Å². The van der Waals surface area contributed by atoms with Crippen molar-refractivity contribution < 1.29 is 9.26 Å². The monoisotopic (exact) mass is 529 g/mol. The predicted octanol–water partition coefficient (Wildman–Crippen LogP) is 4.08. The number of benzene rings is 1. The number of aryl methyl sites for hydroxylation is 1. The molecule has 0 bridgehead atoms. The molecule has 0 fully saturated rings. The predicted molar refractivity (Wildman–Crippen MR) is 132 cm³/mol. The van der Waals surface area contributed by atoms with Crippen LogP contribution in [0.25, 0.3) is 11.5 Å². The largest absolute Gasteiger partial charge is 0.378 e. The third-order valence-corrected chi connectivity index (χ3v) is 4.76. The van der Waals surface area contributed by atoms with Crippen LogP contribution in [0.4, 0.5) is 0 Å². The first-order chi connectivity index (χ1) is 14.1. The van der Waals surface area contributed by atoms with Crippen LogP contribution < -0.4 is 10.6 Å². The molecule has 2 N–H and O–H groups in total. The Balaban J connectivity index is 0.00000450. The Bertz CT molecular complexity index is 746. The van der Waals surface area contributed by atoms with E-state index >= 15 is 0 Å². The second kappa shape index (κ2) is 14.3. The Labute approximate surface area is 197 Å². The molecule has 0 amide bonds. The van der Waals surface area contributed by atoms with Crippen LogP contribution in [0, 0.1) is 5.92 Å². The van der Waals surface area contributed by atoms with Gasteiger partial charge >= 0.3 is 0 Å². The first-order valence-corrected chi connectivity index (χ1v) is 10.5. The molecular formula is C22H36IN5O2. The second-order valence-corrected chi connectivity index (χ2v) is 7.27. The maximum atomic E-state index is 5.79. The minimum absolute atomic E-state index is 0. The Morgan fingerprint density at radius 2 is 1.83 bits per heavy atom. The number of rotatable bonds is 11. The van der Waals surface area contributed by atoms with Gasteiger partial charge in [0.05, 0.1) is 6.10 Å². The number of guanidine groups is 1. The van der Waals surface area contributed by atoms with Gasteiger partial charge in [-0.05, 0) is 43.4 Å². The van der Waals surface area contributed by atoms with Gasteiger partial charge < -0.3 is 19.9 Å². The smallest absolute Gasteiger partial charge is 0.257 e. The summed E-state index contributed by atoms with van der Waals surface area (Å²) in [5.41, 5.74) is 2.18. The molecule has 1 heterocycles. The highest BCUT2D eigenvalue weighted by Gasteiger charge is 2.13. The lowest BCUT2D eigenvalue weighted by molar-refractivity contribution is 0.0258. The summed E-state index contributed by atoms with van der Waals surface area (Å²) in [6.45, 7) is 10.8. The molecule has 0 aliphatic carbocycles. The zero-order valence-corrected chi connectivity index (χ0v) is 21.1. The van der Waals surface area contributed by atoms with Crippen molar-refractivity contribution in [3.8, 4) is 11.5 Å².